The van der Waals surface area contributed by atoms with Crippen molar-refractivity contribution >= 4 is 17.9 Å². The van der Waals surface area contributed by atoms with Gasteiger partial charge in [-0.25, -0.2) is 0 Å². The zero-order valence-electron chi connectivity index (χ0n) is 53.7. The summed E-state index contributed by atoms with van der Waals surface area (Å²) >= 11 is 0. The van der Waals surface area contributed by atoms with E-state index in [9.17, 15) is 14.4 Å². The number of allylic oxidation sites excluding steroid dienone is 20. The zero-order valence-corrected chi connectivity index (χ0v) is 53.7. The summed E-state index contributed by atoms with van der Waals surface area (Å²) in [6.07, 6.45) is 96.8. The largest absolute Gasteiger partial charge is 0.462 e. The van der Waals surface area contributed by atoms with Crippen molar-refractivity contribution in [1.82, 2.24) is 0 Å². The molecule has 82 heavy (non-hydrogen) atoms. The van der Waals surface area contributed by atoms with Crippen LogP contribution >= 0.6 is 0 Å². The van der Waals surface area contributed by atoms with E-state index in [1.165, 1.54) is 161 Å². The summed E-state index contributed by atoms with van der Waals surface area (Å²) in [7, 11) is 0. The lowest BCUT2D eigenvalue weighted by Gasteiger charge is -2.18. The molecule has 1 atom stereocenters. The molecular formula is C76H128O6. The zero-order chi connectivity index (χ0) is 59.2. The summed E-state index contributed by atoms with van der Waals surface area (Å²) in [6, 6.07) is 0. The van der Waals surface area contributed by atoms with Crippen molar-refractivity contribution in [2.75, 3.05) is 13.2 Å². The van der Waals surface area contributed by atoms with Crippen LogP contribution in [0.5, 0.6) is 0 Å². The van der Waals surface area contributed by atoms with Crippen LogP contribution < -0.4 is 0 Å². The molecule has 0 saturated carbocycles. The van der Waals surface area contributed by atoms with Crippen LogP contribution in [0.2, 0.25) is 0 Å². The van der Waals surface area contributed by atoms with E-state index in [2.05, 4.69) is 136 Å². The van der Waals surface area contributed by atoms with Crippen LogP contribution in [-0.4, -0.2) is 37.2 Å². The monoisotopic (exact) mass is 1140 g/mol. The molecule has 0 N–H and O–H groups in total. The number of carbonyl (C=O) groups excluding carboxylic acids is 3. The third-order valence-corrected chi connectivity index (χ3v) is 14.7. The van der Waals surface area contributed by atoms with Crippen molar-refractivity contribution in [3.8, 4) is 0 Å². The Morgan fingerprint density at radius 2 is 0.500 bits per heavy atom. The second-order valence-electron chi connectivity index (χ2n) is 22.7. The van der Waals surface area contributed by atoms with Gasteiger partial charge in [0.05, 0.1) is 0 Å². The van der Waals surface area contributed by atoms with Gasteiger partial charge in [-0.3, -0.25) is 14.4 Å². The Balaban J connectivity index is 4.39. The van der Waals surface area contributed by atoms with Crippen molar-refractivity contribution in [2.24, 2.45) is 0 Å². The third kappa shape index (κ3) is 66.6. The normalized spacial score (nSPS) is 12.9. The lowest BCUT2D eigenvalue weighted by atomic mass is 10.0. The first-order valence-corrected chi connectivity index (χ1v) is 34.5. The average molecular weight is 1140 g/mol. The topological polar surface area (TPSA) is 78.9 Å². The summed E-state index contributed by atoms with van der Waals surface area (Å²) < 4.78 is 16.9. The van der Waals surface area contributed by atoms with Crippen molar-refractivity contribution in [3.05, 3.63) is 122 Å². The molecule has 1 unspecified atom stereocenters. The van der Waals surface area contributed by atoms with Gasteiger partial charge in [-0.1, -0.05) is 328 Å². The molecule has 0 aromatic heterocycles. The number of carbonyl (C=O) groups is 3. The Hall–Kier alpha value is -4.19. The van der Waals surface area contributed by atoms with Crippen molar-refractivity contribution in [2.45, 2.75) is 329 Å². The fourth-order valence-corrected chi connectivity index (χ4v) is 9.64. The van der Waals surface area contributed by atoms with Crippen molar-refractivity contribution in [3.63, 3.8) is 0 Å². The van der Waals surface area contributed by atoms with E-state index >= 15 is 0 Å². The van der Waals surface area contributed by atoms with Gasteiger partial charge in [-0.2, -0.15) is 0 Å². The molecule has 0 saturated heterocycles. The van der Waals surface area contributed by atoms with Gasteiger partial charge in [0.15, 0.2) is 6.10 Å². The minimum atomic E-state index is -0.833. The van der Waals surface area contributed by atoms with Crippen LogP contribution in [0.3, 0.4) is 0 Å². The average Bonchev–Trinajstić information content (AvgIpc) is 3.47. The molecule has 0 bridgehead atoms. The highest BCUT2D eigenvalue weighted by atomic mass is 16.6. The smallest absolute Gasteiger partial charge is 0.306 e. The molecule has 0 radical (unpaired) electrons. The second kappa shape index (κ2) is 69.3. The van der Waals surface area contributed by atoms with E-state index < -0.39 is 12.1 Å². The van der Waals surface area contributed by atoms with Gasteiger partial charge >= 0.3 is 17.9 Å². The molecule has 0 aromatic carbocycles. The maximum Gasteiger partial charge on any atom is 0.306 e. The molecule has 0 spiro atoms. The maximum absolute atomic E-state index is 12.9. The molecule has 0 aliphatic rings. The Morgan fingerprint density at radius 1 is 0.256 bits per heavy atom. The summed E-state index contributed by atoms with van der Waals surface area (Å²) in [5.74, 6) is -1.02. The minimum Gasteiger partial charge on any atom is -0.462 e. The number of ether oxygens (including phenoxy) is 3. The molecule has 0 aliphatic carbocycles. The van der Waals surface area contributed by atoms with Gasteiger partial charge in [-0.15, -0.1) is 0 Å². The molecule has 0 rings (SSSR count). The van der Waals surface area contributed by atoms with Gasteiger partial charge in [0.1, 0.15) is 13.2 Å². The fraction of sp³-hybridized carbons (Fsp3) is 0.697. The summed E-state index contributed by atoms with van der Waals surface area (Å²) in [5, 5.41) is 0. The summed E-state index contributed by atoms with van der Waals surface area (Å²) in [4.78, 5) is 38.4. The van der Waals surface area contributed by atoms with Gasteiger partial charge in [0.2, 0.25) is 0 Å². The summed E-state index contributed by atoms with van der Waals surface area (Å²) in [6.45, 7) is 6.36. The van der Waals surface area contributed by atoms with Gasteiger partial charge in [0.25, 0.3) is 0 Å². The molecule has 6 heteroatoms. The first-order valence-electron chi connectivity index (χ1n) is 34.5. The van der Waals surface area contributed by atoms with Crippen LogP contribution in [0.15, 0.2) is 122 Å². The highest BCUT2D eigenvalue weighted by Crippen LogP contribution is 2.17. The van der Waals surface area contributed by atoms with Crippen LogP contribution in [0, 0.1) is 0 Å². The number of unbranched alkanes of at least 4 members (excludes halogenated alkanes) is 31. The Kier molecular flexibility index (Phi) is 65.8. The molecule has 0 amide bonds. The van der Waals surface area contributed by atoms with E-state index in [1.807, 2.05) is 6.08 Å². The summed E-state index contributed by atoms with van der Waals surface area (Å²) in [5.41, 5.74) is 0. The van der Waals surface area contributed by atoms with Gasteiger partial charge < -0.3 is 14.2 Å². The van der Waals surface area contributed by atoms with E-state index in [1.54, 1.807) is 0 Å². The predicted molar refractivity (Wildman–Crippen MR) is 357 cm³/mol. The van der Waals surface area contributed by atoms with Gasteiger partial charge in [0, 0.05) is 19.3 Å². The van der Waals surface area contributed by atoms with Crippen molar-refractivity contribution in [1.29, 1.82) is 0 Å². The van der Waals surface area contributed by atoms with Crippen LogP contribution in [0.1, 0.15) is 323 Å². The highest BCUT2D eigenvalue weighted by molar-refractivity contribution is 5.71. The van der Waals surface area contributed by atoms with Gasteiger partial charge in [-0.05, 0) is 96.3 Å². The molecule has 0 aromatic rings. The van der Waals surface area contributed by atoms with E-state index in [0.29, 0.717) is 19.3 Å². The SMILES string of the molecule is CC/C=C\C/C=C\C/C=C\C/C=C\C/C=C\C/C=C\CCC(=O)OC(COC(=O)CCCCCC/C=C\C/C=C\C/C=C\C/C=C\CC)COC(=O)CCCCCCCCCCCCCCCCCCCCCCCCCCCCCC. The Labute approximate surface area is 507 Å². The minimum absolute atomic E-state index is 0.116. The predicted octanol–water partition coefficient (Wildman–Crippen LogP) is 23.9. The Morgan fingerprint density at radius 3 is 0.793 bits per heavy atom. The third-order valence-electron chi connectivity index (χ3n) is 14.7. The first kappa shape index (κ1) is 77.8. The number of hydrogen-bond acceptors (Lipinski definition) is 6. The molecule has 6 nitrogen and oxygen atoms in total. The van der Waals surface area contributed by atoms with Crippen molar-refractivity contribution < 1.29 is 28.6 Å². The molecule has 0 fully saturated rings. The number of hydrogen-bond donors (Lipinski definition) is 0. The standard InChI is InChI=1S/C76H128O6/c1-4-7-10-13-16-19-22-25-28-31-33-34-35-36-37-38-39-40-41-43-45-48-51-54-57-60-63-66-69-75(78)81-72-73(71-80-74(77)68-65-62-59-56-53-50-47-44-30-27-24-21-18-15-12-9-6-3)82-76(79)70-67-64-61-58-55-52-49-46-42-32-29-26-23-20-17-14-11-8-5-2/h8-9,11-12,17-18,20-21,26-27,29-30,42,46-47,50,52,55,61,64,73H,4-7,10,13-16,19,22-25,28,31-41,43-45,48-49,51,53-54,56-60,62-63,65-72H2,1-3H3/b11-8-,12-9-,20-17-,21-18-,29-26-,30-27-,46-42-,50-47-,55-52-,64-61-. The van der Waals surface area contributed by atoms with Crippen LogP contribution in [0.25, 0.3) is 0 Å². The molecule has 0 aliphatic heterocycles. The molecule has 468 valence electrons. The fourth-order valence-electron chi connectivity index (χ4n) is 9.64. The quantitative estimate of drug-likeness (QED) is 0.0261. The van der Waals surface area contributed by atoms with E-state index in [-0.39, 0.29) is 31.6 Å². The Bertz CT molecular complexity index is 1690. The number of esters is 3. The second-order valence-corrected chi connectivity index (χ2v) is 22.7. The molecule has 0 heterocycles. The maximum atomic E-state index is 12.9. The van der Waals surface area contributed by atoms with E-state index in [4.69, 9.17) is 14.2 Å². The van der Waals surface area contributed by atoms with E-state index in [0.717, 1.165) is 116 Å². The van der Waals surface area contributed by atoms with Crippen LogP contribution in [-0.2, 0) is 28.6 Å². The lowest BCUT2D eigenvalue weighted by molar-refractivity contribution is -0.166. The first-order chi connectivity index (χ1) is 40.5. The lowest BCUT2D eigenvalue weighted by Crippen LogP contribution is -2.30. The molecular weight excluding hydrogens is 1010 g/mol. The number of rotatable bonds is 62. The van der Waals surface area contributed by atoms with Crippen LogP contribution in [0.4, 0.5) is 0 Å². The highest BCUT2D eigenvalue weighted by Gasteiger charge is 2.19.